The highest BCUT2D eigenvalue weighted by atomic mass is 16.1. The predicted octanol–water partition coefficient (Wildman–Crippen LogP) is 5.37. The van der Waals surface area contributed by atoms with Crippen LogP contribution in [-0.2, 0) is 0 Å². The summed E-state index contributed by atoms with van der Waals surface area (Å²) in [5, 5.41) is 2.99. The molecule has 1 amide bonds. The average Bonchev–Trinajstić information content (AvgIpc) is 2.75. The Morgan fingerprint density at radius 1 is 0.786 bits per heavy atom. The third-order valence-corrected chi connectivity index (χ3v) is 4.47. The minimum absolute atomic E-state index is 0.134. The van der Waals surface area contributed by atoms with Gasteiger partial charge in [-0.1, -0.05) is 60.7 Å². The van der Waals surface area contributed by atoms with Crippen molar-refractivity contribution in [3.8, 4) is 22.4 Å². The minimum atomic E-state index is -0.134. The third kappa shape index (κ3) is 3.81. The summed E-state index contributed by atoms with van der Waals surface area (Å²) in [7, 11) is 0. The van der Waals surface area contributed by atoms with Crippen molar-refractivity contribution in [3.05, 3.63) is 103 Å². The molecule has 4 rings (SSSR count). The van der Waals surface area contributed by atoms with Crippen molar-refractivity contribution < 1.29 is 4.79 Å². The van der Waals surface area contributed by atoms with E-state index >= 15 is 0 Å². The van der Waals surface area contributed by atoms with Gasteiger partial charge in [-0.3, -0.25) is 4.79 Å². The third-order valence-electron chi connectivity index (χ3n) is 4.47. The van der Waals surface area contributed by atoms with Crippen LogP contribution in [0.25, 0.3) is 22.4 Å². The number of carbonyl (C=O) groups is 1. The number of anilines is 1. The van der Waals surface area contributed by atoms with Crippen molar-refractivity contribution in [2.75, 3.05) is 5.32 Å². The van der Waals surface area contributed by atoms with Crippen LogP contribution in [0.5, 0.6) is 0 Å². The van der Waals surface area contributed by atoms with Gasteiger partial charge in [-0.25, -0.2) is 9.97 Å². The molecule has 0 bridgehead atoms. The monoisotopic (exact) mass is 365 g/mol. The zero-order chi connectivity index (χ0) is 19.3. The van der Waals surface area contributed by atoms with E-state index in [1.165, 1.54) is 0 Å². The molecule has 1 heterocycles. The molecule has 0 radical (unpaired) electrons. The summed E-state index contributed by atoms with van der Waals surface area (Å²) >= 11 is 0. The largest absolute Gasteiger partial charge is 0.322 e. The molecule has 4 nitrogen and oxygen atoms in total. The molecule has 1 N–H and O–H groups in total. The normalized spacial score (nSPS) is 10.5. The number of aromatic nitrogens is 2. The maximum absolute atomic E-state index is 12.9. The SMILES string of the molecule is Cc1nccc(-c2ccc(NC(=O)c3ccccc3-c3ccccc3)cc2)n1. The molecular formula is C24H19N3O. The fourth-order valence-corrected chi connectivity index (χ4v) is 3.09. The van der Waals surface area contributed by atoms with E-state index in [1.807, 2.05) is 91.9 Å². The highest BCUT2D eigenvalue weighted by molar-refractivity contribution is 6.08. The fourth-order valence-electron chi connectivity index (χ4n) is 3.09. The zero-order valence-electron chi connectivity index (χ0n) is 15.5. The van der Waals surface area contributed by atoms with E-state index in [-0.39, 0.29) is 5.91 Å². The van der Waals surface area contributed by atoms with Crippen LogP contribution < -0.4 is 5.32 Å². The molecule has 1 aromatic heterocycles. The topological polar surface area (TPSA) is 54.9 Å². The van der Waals surface area contributed by atoms with E-state index < -0.39 is 0 Å². The predicted molar refractivity (Wildman–Crippen MR) is 112 cm³/mol. The maximum atomic E-state index is 12.9. The van der Waals surface area contributed by atoms with Crippen molar-refractivity contribution in [1.82, 2.24) is 9.97 Å². The van der Waals surface area contributed by atoms with Crippen LogP contribution >= 0.6 is 0 Å². The Hall–Kier alpha value is -3.79. The Balaban J connectivity index is 1.57. The van der Waals surface area contributed by atoms with E-state index in [2.05, 4.69) is 15.3 Å². The first kappa shape index (κ1) is 17.6. The van der Waals surface area contributed by atoms with E-state index in [1.54, 1.807) is 6.20 Å². The quantitative estimate of drug-likeness (QED) is 0.529. The van der Waals surface area contributed by atoms with Gasteiger partial charge in [-0.2, -0.15) is 0 Å². The smallest absolute Gasteiger partial charge is 0.256 e. The van der Waals surface area contributed by atoms with Crippen LogP contribution in [0, 0.1) is 6.92 Å². The first-order chi connectivity index (χ1) is 13.7. The van der Waals surface area contributed by atoms with E-state index in [9.17, 15) is 4.79 Å². The van der Waals surface area contributed by atoms with E-state index in [4.69, 9.17) is 0 Å². The summed E-state index contributed by atoms with van der Waals surface area (Å²) in [5.74, 6) is 0.595. The Kier molecular flexibility index (Phi) is 4.93. The second-order valence-electron chi connectivity index (χ2n) is 6.43. The van der Waals surface area contributed by atoms with Crippen LogP contribution in [0.15, 0.2) is 91.1 Å². The summed E-state index contributed by atoms with van der Waals surface area (Å²) in [4.78, 5) is 21.4. The molecular weight excluding hydrogens is 346 g/mol. The van der Waals surface area contributed by atoms with Gasteiger partial charge < -0.3 is 5.32 Å². The molecule has 0 unspecified atom stereocenters. The Labute approximate surface area is 163 Å². The molecule has 3 aromatic carbocycles. The van der Waals surface area contributed by atoms with Crippen LogP contribution in [0.4, 0.5) is 5.69 Å². The number of rotatable bonds is 4. The summed E-state index contributed by atoms with van der Waals surface area (Å²) in [6, 6.07) is 27.1. The Bertz CT molecular complexity index is 1110. The van der Waals surface area contributed by atoms with Gasteiger partial charge in [0.15, 0.2) is 0 Å². The van der Waals surface area contributed by atoms with Crippen molar-refractivity contribution in [3.63, 3.8) is 0 Å². The molecule has 28 heavy (non-hydrogen) atoms. The lowest BCUT2D eigenvalue weighted by Gasteiger charge is -2.11. The number of benzene rings is 3. The molecule has 0 fully saturated rings. The zero-order valence-corrected chi connectivity index (χ0v) is 15.5. The lowest BCUT2D eigenvalue weighted by atomic mass is 9.99. The minimum Gasteiger partial charge on any atom is -0.322 e. The van der Waals surface area contributed by atoms with Gasteiger partial charge in [0, 0.05) is 23.0 Å². The molecule has 136 valence electrons. The van der Waals surface area contributed by atoms with Gasteiger partial charge in [0.05, 0.1) is 5.69 Å². The second-order valence-corrected chi connectivity index (χ2v) is 6.43. The molecule has 0 saturated carbocycles. The van der Waals surface area contributed by atoms with Crippen molar-refractivity contribution in [1.29, 1.82) is 0 Å². The summed E-state index contributed by atoms with van der Waals surface area (Å²) < 4.78 is 0. The summed E-state index contributed by atoms with van der Waals surface area (Å²) in [6.45, 7) is 1.86. The van der Waals surface area contributed by atoms with E-state index in [0.29, 0.717) is 5.56 Å². The van der Waals surface area contributed by atoms with Crippen LogP contribution in [-0.4, -0.2) is 15.9 Å². The van der Waals surface area contributed by atoms with Gasteiger partial charge in [0.25, 0.3) is 5.91 Å². The van der Waals surface area contributed by atoms with Gasteiger partial charge in [-0.15, -0.1) is 0 Å². The van der Waals surface area contributed by atoms with Gasteiger partial charge >= 0.3 is 0 Å². The number of hydrogen-bond donors (Lipinski definition) is 1. The molecule has 0 atom stereocenters. The molecule has 0 saturated heterocycles. The molecule has 0 aliphatic heterocycles. The molecule has 4 heteroatoms. The number of amides is 1. The number of aryl methyl sites for hydroxylation is 1. The van der Waals surface area contributed by atoms with Crippen LogP contribution in [0.3, 0.4) is 0 Å². The number of nitrogens with zero attached hydrogens (tertiary/aromatic N) is 2. The Morgan fingerprint density at radius 3 is 2.25 bits per heavy atom. The average molecular weight is 365 g/mol. The second kappa shape index (κ2) is 7.84. The lowest BCUT2D eigenvalue weighted by Crippen LogP contribution is -2.13. The van der Waals surface area contributed by atoms with Crippen LogP contribution in [0.2, 0.25) is 0 Å². The summed E-state index contributed by atoms with van der Waals surface area (Å²) in [5.41, 5.74) is 5.15. The summed E-state index contributed by atoms with van der Waals surface area (Å²) in [6.07, 6.45) is 1.74. The van der Waals surface area contributed by atoms with Gasteiger partial charge in [0.2, 0.25) is 0 Å². The van der Waals surface area contributed by atoms with Gasteiger partial charge in [-0.05, 0) is 42.3 Å². The highest BCUT2D eigenvalue weighted by Crippen LogP contribution is 2.25. The Morgan fingerprint density at radius 2 is 1.50 bits per heavy atom. The number of nitrogens with one attached hydrogen (secondary N) is 1. The molecule has 0 aliphatic rings. The standard InChI is InChI=1S/C24H19N3O/c1-17-25-16-15-23(26-17)19-11-13-20(14-12-19)27-24(28)22-10-6-5-9-21(22)18-7-3-2-4-8-18/h2-16H,1H3,(H,27,28). The van der Waals surface area contributed by atoms with Crippen molar-refractivity contribution in [2.45, 2.75) is 6.92 Å². The van der Waals surface area contributed by atoms with Crippen LogP contribution in [0.1, 0.15) is 16.2 Å². The maximum Gasteiger partial charge on any atom is 0.256 e. The van der Waals surface area contributed by atoms with E-state index in [0.717, 1.165) is 33.9 Å². The number of hydrogen-bond acceptors (Lipinski definition) is 3. The van der Waals surface area contributed by atoms with Crippen molar-refractivity contribution >= 4 is 11.6 Å². The van der Waals surface area contributed by atoms with Crippen molar-refractivity contribution in [2.24, 2.45) is 0 Å². The first-order valence-corrected chi connectivity index (χ1v) is 9.06. The number of carbonyl (C=O) groups excluding carboxylic acids is 1. The molecule has 4 aromatic rings. The van der Waals surface area contributed by atoms with Gasteiger partial charge in [0.1, 0.15) is 5.82 Å². The highest BCUT2D eigenvalue weighted by Gasteiger charge is 2.12. The first-order valence-electron chi connectivity index (χ1n) is 9.06. The lowest BCUT2D eigenvalue weighted by molar-refractivity contribution is 0.102. The molecule has 0 spiro atoms. The fraction of sp³-hybridized carbons (Fsp3) is 0.0417. The molecule has 0 aliphatic carbocycles.